The van der Waals surface area contributed by atoms with Gasteiger partial charge in [-0.25, -0.2) is 4.79 Å². The van der Waals surface area contributed by atoms with Crippen molar-refractivity contribution in [3.63, 3.8) is 0 Å². The molecule has 0 radical (unpaired) electrons. The SMILES string of the molecule is CCOC(=O)CC(C)C(=O)C(=O)OCC. The minimum atomic E-state index is -0.894. The Labute approximate surface area is 88.7 Å². The number of Topliss-reactive ketones (excluding diaryl/α,β-unsaturated/α-hetero) is 1. The Kier molecular flexibility index (Phi) is 6.33. The molecule has 0 spiro atoms. The standard InChI is InChI=1S/C10H16O5/c1-4-14-8(11)6-7(3)9(12)10(13)15-5-2/h7H,4-6H2,1-3H3. The summed E-state index contributed by atoms with van der Waals surface area (Å²) >= 11 is 0. The molecule has 5 nitrogen and oxygen atoms in total. The van der Waals surface area contributed by atoms with E-state index in [-0.39, 0.29) is 19.6 Å². The van der Waals surface area contributed by atoms with Gasteiger partial charge in [0.1, 0.15) is 0 Å². The van der Waals surface area contributed by atoms with E-state index in [9.17, 15) is 14.4 Å². The van der Waals surface area contributed by atoms with E-state index in [4.69, 9.17) is 0 Å². The van der Waals surface area contributed by atoms with Crippen LogP contribution in [-0.4, -0.2) is 30.9 Å². The van der Waals surface area contributed by atoms with Crippen molar-refractivity contribution in [1.29, 1.82) is 0 Å². The lowest BCUT2D eigenvalue weighted by Gasteiger charge is -2.08. The Morgan fingerprint density at radius 2 is 1.60 bits per heavy atom. The van der Waals surface area contributed by atoms with E-state index in [2.05, 4.69) is 9.47 Å². The lowest BCUT2D eigenvalue weighted by atomic mass is 10.0. The van der Waals surface area contributed by atoms with Gasteiger partial charge < -0.3 is 9.47 Å². The number of carbonyl (C=O) groups excluding carboxylic acids is 3. The van der Waals surface area contributed by atoms with Crippen LogP contribution in [-0.2, 0) is 23.9 Å². The summed E-state index contributed by atoms with van der Waals surface area (Å²) in [6.45, 7) is 5.20. The molecule has 0 aromatic heterocycles. The van der Waals surface area contributed by atoms with Crippen molar-refractivity contribution in [3.05, 3.63) is 0 Å². The van der Waals surface area contributed by atoms with Crippen molar-refractivity contribution < 1.29 is 23.9 Å². The number of ether oxygens (including phenoxy) is 2. The summed E-state index contributed by atoms with van der Waals surface area (Å²) in [5.41, 5.74) is 0. The number of carbonyl (C=O) groups is 3. The molecule has 0 saturated heterocycles. The fourth-order valence-corrected chi connectivity index (χ4v) is 0.966. The van der Waals surface area contributed by atoms with Gasteiger partial charge in [0.2, 0.25) is 5.78 Å². The summed E-state index contributed by atoms with van der Waals surface area (Å²) in [4.78, 5) is 33.3. The molecule has 0 aromatic rings. The van der Waals surface area contributed by atoms with Gasteiger partial charge in [-0.3, -0.25) is 9.59 Å². The van der Waals surface area contributed by atoms with Crippen LogP contribution in [0.25, 0.3) is 0 Å². The molecule has 15 heavy (non-hydrogen) atoms. The minimum Gasteiger partial charge on any atom is -0.466 e. The summed E-state index contributed by atoms with van der Waals surface area (Å²) in [6.07, 6.45) is -0.0918. The largest absolute Gasteiger partial charge is 0.466 e. The fourth-order valence-electron chi connectivity index (χ4n) is 0.966. The van der Waals surface area contributed by atoms with Gasteiger partial charge in [0.15, 0.2) is 0 Å². The summed E-state index contributed by atoms with van der Waals surface area (Å²) in [5, 5.41) is 0. The maximum atomic E-state index is 11.3. The second kappa shape index (κ2) is 6.98. The first-order valence-corrected chi connectivity index (χ1v) is 4.89. The van der Waals surface area contributed by atoms with E-state index in [0.717, 1.165) is 0 Å². The number of hydrogen-bond donors (Lipinski definition) is 0. The summed E-state index contributed by atoms with van der Waals surface area (Å²) in [5.74, 6) is -2.76. The molecule has 0 aliphatic carbocycles. The molecule has 0 heterocycles. The summed E-state index contributed by atoms with van der Waals surface area (Å²) in [7, 11) is 0. The minimum absolute atomic E-state index is 0.0918. The van der Waals surface area contributed by atoms with Crippen LogP contribution in [0.15, 0.2) is 0 Å². The molecule has 0 aliphatic rings. The molecule has 0 aromatic carbocycles. The molecule has 0 aliphatic heterocycles. The van der Waals surface area contributed by atoms with Crippen molar-refractivity contribution in [3.8, 4) is 0 Å². The van der Waals surface area contributed by atoms with Gasteiger partial charge in [0.05, 0.1) is 19.6 Å². The first-order chi connectivity index (χ1) is 7.02. The Balaban J connectivity index is 4.09. The van der Waals surface area contributed by atoms with E-state index in [1.165, 1.54) is 6.92 Å². The number of hydrogen-bond acceptors (Lipinski definition) is 5. The van der Waals surface area contributed by atoms with Crippen LogP contribution in [0.3, 0.4) is 0 Å². The van der Waals surface area contributed by atoms with Crippen LogP contribution in [0.4, 0.5) is 0 Å². The molecular weight excluding hydrogens is 200 g/mol. The van der Waals surface area contributed by atoms with Crippen LogP contribution >= 0.6 is 0 Å². The Morgan fingerprint density at radius 3 is 2.07 bits per heavy atom. The van der Waals surface area contributed by atoms with E-state index >= 15 is 0 Å². The highest BCUT2D eigenvalue weighted by Crippen LogP contribution is 2.06. The van der Waals surface area contributed by atoms with Crippen LogP contribution in [0.2, 0.25) is 0 Å². The average molecular weight is 216 g/mol. The molecule has 5 heteroatoms. The number of ketones is 1. The molecule has 0 bridgehead atoms. The second-order valence-electron chi connectivity index (χ2n) is 2.99. The van der Waals surface area contributed by atoms with E-state index in [1.807, 2.05) is 0 Å². The van der Waals surface area contributed by atoms with Gasteiger partial charge in [-0.05, 0) is 13.8 Å². The molecule has 0 N–H and O–H groups in total. The van der Waals surface area contributed by atoms with Crippen LogP contribution in [0.5, 0.6) is 0 Å². The predicted octanol–water partition coefficient (Wildman–Crippen LogP) is 0.708. The van der Waals surface area contributed by atoms with Gasteiger partial charge in [-0.2, -0.15) is 0 Å². The zero-order valence-corrected chi connectivity index (χ0v) is 9.24. The van der Waals surface area contributed by atoms with E-state index in [1.54, 1.807) is 13.8 Å². The third-order valence-electron chi connectivity index (χ3n) is 1.70. The lowest BCUT2D eigenvalue weighted by Crippen LogP contribution is -2.26. The van der Waals surface area contributed by atoms with Crippen molar-refractivity contribution >= 4 is 17.7 Å². The summed E-state index contributed by atoms with van der Waals surface area (Å²) in [6, 6.07) is 0. The Bertz CT molecular complexity index is 246. The number of esters is 2. The molecule has 0 saturated carbocycles. The van der Waals surface area contributed by atoms with Crippen molar-refractivity contribution in [2.45, 2.75) is 27.2 Å². The maximum absolute atomic E-state index is 11.3. The number of rotatable bonds is 6. The zero-order chi connectivity index (χ0) is 11.8. The molecule has 0 amide bonds. The van der Waals surface area contributed by atoms with Crippen LogP contribution in [0.1, 0.15) is 27.2 Å². The highest BCUT2D eigenvalue weighted by molar-refractivity contribution is 6.34. The van der Waals surface area contributed by atoms with Gasteiger partial charge in [-0.1, -0.05) is 6.92 Å². The summed E-state index contributed by atoms with van der Waals surface area (Å²) < 4.78 is 9.18. The van der Waals surface area contributed by atoms with Crippen molar-refractivity contribution in [1.82, 2.24) is 0 Å². The first kappa shape index (κ1) is 13.6. The molecule has 1 unspecified atom stereocenters. The highest BCUT2D eigenvalue weighted by Gasteiger charge is 2.25. The third-order valence-corrected chi connectivity index (χ3v) is 1.70. The molecule has 0 rings (SSSR count). The average Bonchev–Trinajstić information content (AvgIpc) is 2.17. The lowest BCUT2D eigenvalue weighted by molar-refractivity contribution is -0.156. The molecule has 0 fully saturated rings. The highest BCUT2D eigenvalue weighted by atomic mass is 16.5. The predicted molar refractivity (Wildman–Crippen MR) is 52.1 cm³/mol. The maximum Gasteiger partial charge on any atom is 0.374 e. The monoisotopic (exact) mass is 216 g/mol. The van der Waals surface area contributed by atoms with E-state index < -0.39 is 23.6 Å². The fraction of sp³-hybridized carbons (Fsp3) is 0.700. The topological polar surface area (TPSA) is 69.7 Å². The van der Waals surface area contributed by atoms with Gasteiger partial charge in [0.25, 0.3) is 0 Å². The normalized spacial score (nSPS) is 11.7. The first-order valence-electron chi connectivity index (χ1n) is 4.89. The molecule has 1 atom stereocenters. The van der Waals surface area contributed by atoms with Gasteiger partial charge >= 0.3 is 11.9 Å². The smallest absolute Gasteiger partial charge is 0.374 e. The Morgan fingerprint density at radius 1 is 1.07 bits per heavy atom. The van der Waals surface area contributed by atoms with Crippen molar-refractivity contribution in [2.75, 3.05) is 13.2 Å². The van der Waals surface area contributed by atoms with Crippen LogP contribution in [0, 0.1) is 5.92 Å². The molecular formula is C10H16O5. The van der Waals surface area contributed by atoms with Gasteiger partial charge in [0, 0.05) is 5.92 Å². The second-order valence-corrected chi connectivity index (χ2v) is 2.99. The third kappa shape index (κ3) is 5.15. The molecule has 86 valence electrons. The van der Waals surface area contributed by atoms with Gasteiger partial charge in [-0.15, -0.1) is 0 Å². The van der Waals surface area contributed by atoms with Crippen molar-refractivity contribution in [2.24, 2.45) is 5.92 Å². The zero-order valence-electron chi connectivity index (χ0n) is 9.24. The quantitative estimate of drug-likeness (QED) is 0.483. The van der Waals surface area contributed by atoms with Crippen LogP contribution < -0.4 is 0 Å². The Hall–Kier alpha value is -1.39. The van der Waals surface area contributed by atoms with E-state index in [0.29, 0.717) is 0 Å².